The lowest BCUT2D eigenvalue weighted by molar-refractivity contribution is 0.0793. The van der Waals surface area contributed by atoms with Crippen molar-refractivity contribution >= 4 is 21.7 Å². The number of hydrogen-bond acceptors (Lipinski definition) is 5. The van der Waals surface area contributed by atoms with E-state index in [1.165, 1.54) is 7.05 Å². The first-order valence-electron chi connectivity index (χ1n) is 6.93. The molecule has 1 fully saturated rings. The number of hydrogen-bond donors (Lipinski definition) is 2. The smallest absolute Gasteiger partial charge is 0.257 e. The maximum absolute atomic E-state index is 12.4. The zero-order valence-electron chi connectivity index (χ0n) is 12.0. The van der Waals surface area contributed by atoms with E-state index in [1.54, 1.807) is 23.2 Å². The molecule has 1 aliphatic rings. The van der Waals surface area contributed by atoms with Crippen molar-refractivity contribution < 1.29 is 13.2 Å². The van der Waals surface area contributed by atoms with E-state index in [0.717, 1.165) is 25.9 Å². The van der Waals surface area contributed by atoms with Gasteiger partial charge in [0.1, 0.15) is 5.82 Å². The van der Waals surface area contributed by atoms with Gasteiger partial charge < -0.3 is 10.2 Å². The highest BCUT2D eigenvalue weighted by Crippen LogP contribution is 2.17. The lowest BCUT2D eigenvalue weighted by atomic mass is 10.2. The van der Waals surface area contributed by atoms with E-state index < -0.39 is 10.0 Å². The van der Waals surface area contributed by atoms with Crippen LogP contribution in [0.25, 0.3) is 0 Å². The molecule has 21 heavy (non-hydrogen) atoms. The first-order valence-corrected chi connectivity index (χ1v) is 8.58. The van der Waals surface area contributed by atoms with Crippen LogP contribution < -0.4 is 10.0 Å². The van der Waals surface area contributed by atoms with Crippen molar-refractivity contribution in [3.05, 3.63) is 23.9 Å². The third-order valence-corrected chi connectivity index (χ3v) is 4.77. The zero-order chi connectivity index (χ0) is 15.3. The highest BCUT2D eigenvalue weighted by atomic mass is 32.2. The van der Waals surface area contributed by atoms with Crippen LogP contribution in [0.2, 0.25) is 0 Å². The molecule has 0 saturated carbocycles. The number of amides is 1. The second-order valence-corrected chi connectivity index (χ2v) is 6.89. The quantitative estimate of drug-likeness (QED) is 0.787. The molecule has 1 aliphatic heterocycles. The Morgan fingerprint density at radius 2 is 2.10 bits per heavy atom. The van der Waals surface area contributed by atoms with Gasteiger partial charge >= 0.3 is 0 Å². The van der Waals surface area contributed by atoms with E-state index in [9.17, 15) is 13.2 Å². The second kappa shape index (κ2) is 6.86. The van der Waals surface area contributed by atoms with Crippen LogP contribution >= 0.6 is 0 Å². The Morgan fingerprint density at radius 1 is 1.38 bits per heavy atom. The van der Waals surface area contributed by atoms with Crippen LogP contribution in [-0.2, 0) is 10.0 Å². The number of sulfonamides is 1. The minimum Gasteiger partial charge on any atom is -0.368 e. The summed E-state index contributed by atoms with van der Waals surface area (Å²) < 4.78 is 25.0. The predicted octanol–water partition coefficient (Wildman–Crippen LogP) is 0.279. The number of aromatic nitrogens is 1. The Morgan fingerprint density at radius 3 is 2.76 bits per heavy atom. The van der Waals surface area contributed by atoms with Crippen molar-refractivity contribution in [2.45, 2.75) is 12.8 Å². The van der Waals surface area contributed by atoms with Gasteiger partial charge in [0.05, 0.1) is 11.3 Å². The molecule has 2 heterocycles. The first kappa shape index (κ1) is 15.7. The summed E-state index contributed by atoms with van der Waals surface area (Å²) in [7, 11) is -1.90. The van der Waals surface area contributed by atoms with Gasteiger partial charge in [-0.1, -0.05) is 0 Å². The molecule has 2 N–H and O–H groups in total. The Kier molecular flexibility index (Phi) is 5.13. The Labute approximate surface area is 124 Å². The fourth-order valence-corrected chi connectivity index (χ4v) is 2.79. The van der Waals surface area contributed by atoms with Crippen LogP contribution in [0.1, 0.15) is 23.2 Å². The lowest BCUT2D eigenvalue weighted by Gasteiger charge is -2.17. The summed E-state index contributed by atoms with van der Waals surface area (Å²) in [4.78, 5) is 18.3. The van der Waals surface area contributed by atoms with E-state index in [2.05, 4.69) is 15.0 Å². The van der Waals surface area contributed by atoms with Gasteiger partial charge in [0, 0.05) is 25.8 Å². The van der Waals surface area contributed by atoms with Crippen LogP contribution in [-0.4, -0.2) is 56.6 Å². The van der Waals surface area contributed by atoms with E-state index in [-0.39, 0.29) is 18.2 Å². The molecule has 116 valence electrons. The number of likely N-dealkylation sites (tertiary alicyclic amines) is 1. The molecule has 1 amide bonds. The summed E-state index contributed by atoms with van der Waals surface area (Å²) in [5.74, 6) is 0.303. The average molecular weight is 312 g/mol. The molecule has 0 unspecified atom stereocenters. The van der Waals surface area contributed by atoms with E-state index >= 15 is 0 Å². The lowest BCUT2D eigenvalue weighted by Crippen LogP contribution is -2.30. The summed E-state index contributed by atoms with van der Waals surface area (Å²) >= 11 is 0. The van der Waals surface area contributed by atoms with E-state index in [4.69, 9.17) is 0 Å². The molecule has 1 aromatic rings. The molecule has 0 aromatic carbocycles. The van der Waals surface area contributed by atoms with E-state index in [1.807, 2.05) is 0 Å². The largest absolute Gasteiger partial charge is 0.368 e. The molecule has 0 radical (unpaired) electrons. The van der Waals surface area contributed by atoms with Gasteiger partial charge in [-0.15, -0.1) is 0 Å². The molecule has 8 heteroatoms. The fraction of sp³-hybridized carbons (Fsp3) is 0.538. The molecule has 1 aromatic heterocycles. The zero-order valence-corrected chi connectivity index (χ0v) is 12.8. The average Bonchev–Trinajstić information content (AvgIpc) is 3.01. The van der Waals surface area contributed by atoms with Crippen LogP contribution in [0.15, 0.2) is 18.3 Å². The second-order valence-electron chi connectivity index (χ2n) is 4.85. The van der Waals surface area contributed by atoms with Gasteiger partial charge in [-0.25, -0.2) is 18.1 Å². The van der Waals surface area contributed by atoms with Crippen molar-refractivity contribution in [1.29, 1.82) is 0 Å². The number of pyridine rings is 1. The number of carbonyl (C=O) groups excluding carboxylic acids is 1. The Bertz CT molecular complexity index is 597. The SMILES string of the molecule is CNS(=O)(=O)CCNc1ncccc1C(=O)N1CCCC1. The van der Waals surface area contributed by atoms with Gasteiger partial charge in [0.2, 0.25) is 10.0 Å². The minimum atomic E-state index is -3.27. The monoisotopic (exact) mass is 312 g/mol. The highest BCUT2D eigenvalue weighted by Gasteiger charge is 2.22. The number of rotatable bonds is 6. The number of nitrogens with one attached hydrogen (secondary N) is 2. The predicted molar refractivity (Wildman–Crippen MR) is 80.7 cm³/mol. The van der Waals surface area contributed by atoms with Crippen molar-refractivity contribution in [2.24, 2.45) is 0 Å². The Hall–Kier alpha value is -1.67. The molecular weight excluding hydrogens is 292 g/mol. The summed E-state index contributed by atoms with van der Waals surface area (Å²) in [6.07, 6.45) is 3.63. The van der Waals surface area contributed by atoms with E-state index in [0.29, 0.717) is 11.4 Å². The van der Waals surface area contributed by atoms with Crippen LogP contribution in [0, 0.1) is 0 Å². The van der Waals surface area contributed by atoms with Crippen molar-refractivity contribution in [3.63, 3.8) is 0 Å². The van der Waals surface area contributed by atoms with Crippen LogP contribution in [0.5, 0.6) is 0 Å². The van der Waals surface area contributed by atoms with Crippen molar-refractivity contribution in [3.8, 4) is 0 Å². The molecule has 0 atom stereocenters. The number of carbonyl (C=O) groups is 1. The summed E-state index contributed by atoms with van der Waals surface area (Å²) in [6, 6.07) is 3.42. The number of nitrogens with zero attached hydrogens (tertiary/aromatic N) is 2. The van der Waals surface area contributed by atoms with Gasteiger partial charge in [-0.2, -0.15) is 0 Å². The molecule has 2 rings (SSSR count). The molecule has 7 nitrogen and oxygen atoms in total. The molecule has 0 spiro atoms. The summed E-state index contributed by atoms with van der Waals surface area (Å²) in [5.41, 5.74) is 0.487. The molecule has 0 bridgehead atoms. The first-order chi connectivity index (χ1) is 10.0. The topological polar surface area (TPSA) is 91.4 Å². The van der Waals surface area contributed by atoms with Gasteiger partial charge in [0.25, 0.3) is 5.91 Å². The third kappa shape index (κ3) is 4.15. The molecule has 1 saturated heterocycles. The van der Waals surface area contributed by atoms with Gasteiger partial charge in [0.15, 0.2) is 0 Å². The molecular formula is C13H20N4O3S. The summed E-state index contributed by atoms with van der Waals surface area (Å²) in [5, 5.41) is 2.93. The van der Waals surface area contributed by atoms with Crippen LogP contribution in [0.4, 0.5) is 5.82 Å². The van der Waals surface area contributed by atoms with Crippen molar-refractivity contribution in [1.82, 2.24) is 14.6 Å². The van der Waals surface area contributed by atoms with Crippen LogP contribution in [0.3, 0.4) is 0 Å². The standard InChI is InChI=1S/C13H20N4O3S/c1-14-21(19,20)10-7-16-12-11(5-4-6-15-12)13(18)17-8-2-3-9-17/h4-6,14H,2-3,7-10H2,1H3,(H,15,16). The number of anilines is 1. The summed E-state index contributed by atoms with van der Waals surface area (Å²) in [6.45, 7) is 1.73. The van der Waals surface area contributed by atoms with Gasteiger partial charge in [-0.3, -0.25) is 4.79 Å². The molecule has 0 aliphatic carbocycles. The normalized spacial score (nSPS) is 15.2. The van der Waals surface area contributed by atoms with Crippen molar-refractivity contribution in [2.75, 3.05) is 37.8 Å². The Balaban J connectivity index is 2.04. The van der Waals surface area contributed by atoms with Gasteiger partial charge in [-0.05, 0) is 32.0 Å². The highest BCUT2D eigenvalue weighted by molar-refractivity contribution is 7.89. The third-order valence-electron chi connectivity index (χ3n) is 3.41. The fourth-order valence-electron chi connectivity index (χ4n) is 2.22. The maximum atomic E-state index is 12.4. The minimum absolute atomic E-state index is 0.0560. The maximum Gasteiger partial charge on any atom is 0.257 e.